The summed E-state index contributed by atoms with van der Waals surface area (Å²) < 4.78 is 11.0. The predicted molar refractivity (Wildman–Crippen MR) is 97.0 cm³/mol. The summed E-state index contributed by atoms with van der Waals surface area (Å²) in [7, 11) is 0. The number of hydrogen-bond donors (Lipinski definition) is 0. The molecule has 0 aromatic heterocycles. The van der Waals surface area contributed by atoms with Crippen molar-refractivity contribution in [1.82, 2.24) is 0 Å². The minimum atomic E-state index is -0.680. The van der Waals surface area contributed by atoms with Gasteiger partial charge in [-0.1, -0.05) is 52.0 Å². The predicted octanol–water partition coefficient (Wildman–Crippen LogP) is 5.51. The van der Waals surface area contributed by atoms with Crippen molar-refractivity contribution in [3.8, 4) is 11.5 Å². The molecule has 3 nitrogen and oxygen atoms in total. The Morgan fingerprint density at radius 3 is 1.46 bits per heavy atom. The number of hydrogen-bond acceptors (Lipinski definition) is 3. The van der Waals surface area contributed by atoms with Crippen LogP contribution in [0, 0.1) is 0 Å². The highest BCUT2D eigenvalue weighted by atomic mass is 16.7. The maximum Gasteiger partial charge on any atom is 0.519 e. The number of rotatable bonds is 6. The van der Waals surface area contributed by atoms with E-state index in [0.29, 0.717) is 11.5 Å². The van der Waals surface area contributed by atoms with Gasteiger partial charge < -0.3 is 9.47 Å². The maximum atomic E-state index is 12.3. The molecule has 0 amide bonds. The van der Waals surface area contributed by atoms with Crippen LogP contribution in [0.15, 0.2) is 36.4 Å². The number of benzene rings is 2. The molecule has 0 aliphatic rings. The van der Waals surface area contributed by atoms with Gasteiger partial charge in [-0.2, -0.15) is 0 Å². The van der Waals surface area contributed by atoms with Crippen LogP contribution in [0.4, 0.5) is 4.79 Å². The van der Waals surface area contributed by atoms with Crippen LogP contribution in [0.2, 0.25) is 0 Å². The van der Waals surface area contributed by atoms with Crippen LogP contribution in [0.1, 0.15) is 49.9 Å². The van der Waals surface area contributed by atoms with Crippen LogP contribution in [-0.2, 0) is 25.7 Å². The Morgan fingerprint density at radius 1 is 0.708 bits per heavy atom. The standard InChI is InChI=1S/C21H26O3/c1-5-15-11-9-13-19(17(15)7-3)23-21(22)24-20-14-10-12-16(6-2)18(20)8-4/h9-14H,5-8H2,1-4H3. The van der Waals surface area contributed by atoms with Gasteiger partial charge in [0, 0.05) is 0 Å². The molecule has 24 heavy (non-hydrogen) atoms. The molecule has 0 unspecified atom stereocenters. The number of carbonyl (C=O) groups is 1. The third-order valence-electron chi connectivity index (χ3n) is 4.32. The van der Waals surface area contributed by atoms with Crippen molar-refractivity contribution in [1.29, 1.82) is 0 Å². The van der Waals surface area contributed by atoms with Gasteiger partial charge in [-0.3, -0.25) is 0 Å². The van der Waals surface area contributed by atoms with Gasteiger partial charge in [-0.05, 0) is 60.1 Å². The Balaban J connectivity index is 2.21. The second-order valence-corrected chi connectivity index (χ2v) is 5.66. The van der Waals surface area contributed by atoms with Gasteiger partial charge in [-0.15, -0.1) is 0 Å². The second kappa shape index (κ2) is 8.53. The van der Waals surface area contributed by atoms with E-state index in [4.69, 9.17) is 9.47 Å². The van der Waals surface area contributed by atoms with E-state index >= 15 is 0 Å². The highest BCUT2D eigenvalue weighted by molar-refractivity contribution is 5.68. The van der Waals surface area contributed by atoms with E-state index in [1.54, 1.807) is 0 Å². The SMILES string of the molecule is CCc1cccc(OC(=O)Oc2cccc(CC)c2CC)c1CC. The molecule has 0 atom stereocenters. The summed E-state index contributed by atoms with van der Waals surface area (Å²) in [6.07, 6.45) is 2.78. The van der Waals surface area contributed by atoms with E-state index < -0.39 is 6.16 Å². The van der Waals surface area contributed by atoms with Gasteiger partial charge >= 0.3 is 6.16 Å². The molecular formula is C21H26O3. The molecule has 128 valence electrons. The van der Waals surface area contributed by atoms with E-state index in [0.717, 1.165) is 36.8 Å². The van der Waals surface area contributed by atoms with E-state index in [-0.39, 0.29) is 0 Å². The Bertz CT molecular complexity index is 645. The fourth-order valence-electron chi connectivity index (χ4n) is 3.08. The molecule has 0 saturated carbocycles. The van der Waals surface area contributed by atoms with Crippen LogP contribution in [-0.4, -0.2) is 6.16 Å². The number of carbonyl (C=O) groups excluding carboxylic acids is 1. The number of ether oxygens (including phenoxy) is 2. The molecule has 0 fully saturated rings. The highest BCUT2D eigenvalue weighted by Crippen LogP contribution is 2.27. The van der Waals surface area contributed by atoms with Crippen molar-refractivity contribution >= 4 is 6.16 Å². The molecule has 0 heterocycles. The molecule has 2 rings (SSSR count). The van der Waals surface area contributed by atoms with E-state index in [1.165, 1.54) is 11.1 Å². The zero-order chi connectivity index (χ0) is 17.5. The first kappa shape index (κ1) is 18.1. The number of aryl methyl sites for hydroxylation is 2. The van der Waals surface area contributed by atoms with Crippen LogP contribution in [0.3, 0.4) is 0 Å². The first-order chi connectivity index (χ1) is 11.6. The van der Waals surface area contributed by atoms with Gasteiger partial charge in [0.15, 0.2) is 0 Å². The van der Waals surface area contributed by atoms with E-state index in [9.17, 15) is 4.79 Å². The largest absolute Gasteiger partial charge is 0.519 e. The second-order valence-electron chi connectivity index (χ2n) is 5.66. The monoisotopic (exact) mass is 326 g/mol. The minimum absolute atomic E-state index is 0.589. The lowest BCUT2D eigenvalue weighted by Crippen LogP contribution is -2.16. The lowest BCUT2D eigenvalue weighted by Gasteiger charge is -2.14. The topological polar surface area (TPSA) is 35.5 Å². The summed E-state index contributed by atoms with van der Waals surface area (Å²) in [6, 6.07) is 11.6. The molecule has 0 bridgehead atoms. The van der Waals surface area contributed by atoms with Crippen LogP contribution in [0.5, 0.6) is 11.5 Å². The third-order valence-corrected chi connectivity index (χ3v) is 4.32. The molecule has 0 aliphatic heterocycles. The fourth-order valence-corrected chi connectivity index (χ4v) is 3.08. The summed E-state index contributed by atoms with van der Waals surface area (Å²) in [5.74, 6) is 1.18. The quantitative estimate of drug-likeness (QED) is 0.518. The van der Waals surface area contributed by atoms with Crippen molar-refractivity contribution in [2.75, 3.05) is 0 Å². The highest BCUT2D eigenvalue weighted by Gasteiger charge is 2.15. The first-order valence-electron chi connectivity index (χ1n) is 8.75. The van der Waals surface area contributed by atoms with Gasteiger partial charge in [0.1, 0.15) is 11.5 Å². The molecule has 3 heteroatoms. The average molecular weight is 326 g/mol. The van der Waals surface area contributed by atoms with Crippen LogP contribution >= 0.6 is 0 Å². The summed E-state index contributed by atoms with van der Waals surface area (Å²) in [6.45, 7) is 8.32. The molecule has 0 spiro atoms. The van der Waals surface area contributed by atoms with Crippen molar-refractivity contribution in [2.45, 2.75) is 53.4 Å². The van der Waals surface area contributed by atoms with Crippen molar-refractivity contribution in [3.05, 3.63) is 58.7 Å². The van der Waals surface area contributed by atoms with Gasteiger partial charge in [-0.25, -0.2) is 4.79 Å². The van der Waals surface area contributed by atoms with Crippen LogP contribution < -0.4 is 9.47 Å². The molecule has 2 aromatic rings. The van der Waals surface area contributed by atoms with Crippen molar-refractivity contribution in [2.24, 2.45) is 0 Å². The lowest BCUT2D eigenvalue weighted by atomic mass is 10.0. The Labute approximate surface area is 144 Å². The molecular weight excluding hydrogens is 300 g/mol. The zero-order valence-electron chi connectivity index (χ0n) is 15.0. The summed E-state index contributed by atoms with van der Waals surface area (Å²) >= 11 is 0. The summed E-state index contributed by atoms with van der Waals surface area (Å²) in [5.41, 5.74) is 4.53. The molecule has 0 aliphatic carbocycles. The average Bonchev–Trinajstić information content (AvgIpc) is 2.60. The lowest BCUT2D eigenvalue weighted by molar-refractivity contribution is 0.151. The summed E-state index contributed by atoms with van der Waals surface area (Å²) in [5, 5.41) is 0. The van der Waals surface area contributed by atoms with E-state index in [1.807, 2.05) is 24.3 Å². The maximum absolute atomic E-state index is 12.3. The van der Waals surface area contributed by atoms with Gasteiger partial charge in [0.25, 0.3) is 0 Å². The minimum Gasteiger partial charge on any atom is -0.394 e. The fraction of sp³-hybridized carbons (Fsp3) is 0.381. The first-order valence-corrected chi connectivity index (χ1v) is 8.75. The zero-order valence-corrected chi connectivity index (χ0v) is 15.0. The summed E-state index contributed by atoms with van der Waals surface area (Å²) in [4.78, 5) is 12.3. The van der Waals surface area contributed by atoms with E-state index in [2.05, 4.69) is 39.8 Å². The third kappa shape index (κ3) is 3.97. The molecule has 2 aromatic carbocycles. The molecule has 0 radical (unpaired) electrons. The van der Waals surface area contributed by atoms with Crippen LogP contribution in [0.25, 0.3) is 0 Å². The van der Waals surface area contributed by atoms with Gasteiger partial charge in [0.05, 0.1) is 0 Å². The molecule has 0 saturated heterocycles. The Hall–Kier alpha value is -2.29. The smallest absolute Gasteiger partial charge is 0.394 e. The normalized spacial score (nSPS) is 10.5. The Kier molecular flexibility index (Phi) is 6.42. The molecule has 0 N–H and O–H groups in total. The van der Waals surface area contributed by atoms with Crippen molar-refractivity contribution < 1.29 is 14.3 Å². The van der Waals surface area contributed by atoms with Crippen molar-refractivity contribution in [3.63, 3.8) is 0 Å². The Morgan fingerprint density at radius 2 is 1.12 bits per heavy atom. The van der Waals surface area contributed by atoms with Gasteiger partial charge in [0.2, 0.25) is 0 Å².